The predicted octanol–water partition coefficient (Wildman–Crippen LogP) is 3.83. The minimum atomic E-state index is -0.620. The number of benzene rings is 3. The van der Waals surface area contributed by atoms with Crippen LogP contribution < -0.4 is 16.0 Å². The van der Waals surface area contributed by atoms with Gasteiger partial charge in [0.1, 0.15) is 6.04 Å². The summed E-state index contributed by atoms with van der Waals surface area (Å²) >= 11 is 0. The highest BCUT2D eigenvalue weighted by atomic mass is 16.2. The largest absolute Gasteiger partial charge is 0.381 e. The molecule has 0 spiro atoms. The van der Waals surface area contributed by atoms with Crippen LogP contribution in [-0.2, 0) is 35.5 Å². The van der Waals surface area contributed by atoms with E-state index in [-0.39, 0.29) is 24.4 Å². The molecule has 1 unspecified atom stereocenters. The fourth-order valence-electron chi connectivity index (χ4n) is 4.68. The molecule has 2 atom stereocenters. The van der Waals surface area contributed by atoms with Crippen LogP contribution >= 0.6 is 0 Å². The summed E-state index contributed by atoms with van der Waals surface area (Å²) in [6, 6.07) is 24.3. The van der Waals surface area contributed by atoms with Crippen molar-refractivity contribution >= 4 is 17.5 Å². The molecule has 0 saturated carbocycles. The Morgan fingerprint density at radius 2 is 1.61 bits per heavy atom. The Morgan fingerprint density at radius 3 is 2.31 bits per heavy atom. The Labute approximate surface area is 214 Å². The minimum absolute atomic E-state index is 0.0389. The van der Waals surface area contributed by atoms with Crippen LogP contribution in [0, 0.1) is 6.92 Å². The van der Waals surface area contributed by atoms with E-state index in [4.69, 9.17) is 0 Å². The van der Waals surface area contributed by atoms with Crippen molar-refractivity contribution in [2.45, 2.75) is 51.9 Å². The van der Waals surface area contributed by atoms with E-state index in [1.54, 1.807) is 7.05 Å². The van der Waals surface area contributed by atoms with E-state index >= 15 is 0 Å². The van der Waals surface area contributed by atoms with Gasteiger partial charge in [-0.25, -0.2) is 0 Å². The maximum atomic E-state index is 13.7. The van der Waals surface area contributed by atoms with Crippen LogP contribution in [0.3, 0.4) is 0 Å². The maximum Gasteiger partial charge on any atom is 0.246 e. The molecular formula is C30H36N4O2. The summed E-state index contributed by atoms with van der Waals surface area (Å²) in [5.41, 5.74) is 6.95. The number of aryl methyl sites for hydroxylation is 1. The Hall–Kier alpha value is -3.64. The number of likely N-dealkylation sites (N-methyl/N-ethyl adjacent to an activating group) is 1. The normalized spacial score (nSPS) is 15.6. The number of nitrogens with zero attached hydrogens (tertiary/aromatic N) is 1. The van der Waals surface area contributed by atoms with Gasteiger partial charge in [-0.2, -0.15) is 0 Å². The number of amides is 2. The van der Waals surface area contributed by atoms with Gasteiger partial charge in [0.2, 0.25) is 11.8 Å². The predicted molar refractivity (Wildman–Crippen MR) is 145 cm³/mol. The quantitative estimate of drug-likeness (QED) is 0.432. The zero-order chi connectivity index (χ0) is 25.5. The fraction of sp³-hybridized carbons (Fsp3) is 0.333. The third kappa shape index (κ3) is 6.52. The summed E-state index contributed by atoms with van der Waals surface area (Å²) in [6.45, 7) is 5.64. The second-order valence-electron chi connectivity index (χ2n) is 9.68. The molecule has 1 aliphatic rings. The van der Waals surface area contributed by atoms with Crippen LogP contribution in [0.5, 0.6) is 0 Å². The number of carbonyl (C=O) groups is 2. The van der Waals surface area contributed by atoms with Gasteiger partial charge in [-0.15, -0.1) is 0 Å². The van der Waals surface area contributed by atoms with E-state index in [1.807, 2.05) is 41.3 Å². The highest BCUT2D eigenvalue weighted by Gasteiger charge is 2.32. The molecule has 0 radical (unpaired) electrons. The molecule has 3 aromatic carbocycles. The molecular weight excluding hydrogens is 448 g/mol. The van der Waals surface area contributed by atoms with Crippen molar-refractivity contribution < 1.29 is 9.59 Å². The van der Waals surface area contributed by atoms with Crippen molar-refractivity contribution in [1.29, 1.82) is 0 Å². The number of anilines is 1. The first-order valence-electron chi connectivity index (χ1n) is 12.6. The molecule has 1 aliphatic heterocycles. The maximum absolute atomic E-state index is 13.7. The summed E-state index contributed by atoms with van der Waals surface area (Å²) in [4.78, 5) is 28.0. The molecule has 1 heterocycles. The lowest BCUT2D eigenvalue weighted by Crippen LogP contribution is -2.54. The number of fused-ring (bicyclic) bond motifs is 1. The summed E-state index contributed by atoms with van der Waals surface area (Å²) in [7, 11) is 1.72. The second-order valence-corrected chi connectivity index (χ2v) is 9.68. The Bertz CT molecular complexity index is 1170. The number of carbonyl (C=O) groups excluding carboxylic acids is 2. The Balaban J connectivity index is 1.44. The van der Waals surface area contributed by atoms with E-state index < -0.39 is 6.04 Å². The lowest BCUT2D eigenvalue weighted by molar-refractivity contribution is -0.139. The standard InChI is InChI=1S/C30H36N4O2/c1-21-8-10-24(11-9-21)18-32-27-14-12-23(13-15-27)17-28(33-29(35)19-31-3)30(36)34-20-26-7-5-4-6-25(26)16-22(34)2/h4-15,22,28,31-32H,16-20H2,1-3H3,(H,33,35)/t22-,28?/m1/s1. The van der Waals surface area contributed by atoms with Gasteiger partial charge in [-0.05, 0) is 61.7 Å². The number of nitrogens with one attached hydrogen (secondary N) is 3. The van der Waals surface area contributed by atoms with Crippen molar-refractivity contribution in [1.82, 2.24) is 15.5 Å². The number of hydrogen-bond acceptors (Lipinski definition) is 4. The smallest absolute Gasteiger partial charge is 0.246 e. The van der Waals surface area contributed by atoms with E-state index in [1.165, 1.54) is 22.3 Å². The van der Waals surface area contributed by atoms with Crippen molar-refractivity contribution in [3.8, 4) is 0 Å². The summed E-state index contributed by atoms with van der Waals surface area (Å²) in [5.74, 6) is -0.222. The van der Waals surface area contributed by atoms with Gasteiger partial charge in [-0.3, -0.25) is 9.59 Å². The molecule has 0 aliphatic carbocycles. The van der Waals surface area contributed by atoms with Gasteiger partial charge in [0, 0.05) is 31.2 Å². The molecule has 0 saturated heterocycles. The average Bonchev–Trinajstić information content (AvgIpc) is 2.88. The first kappa shape index (κ1) is 25.5. The van der Waals surface area contributed by atoms with E-state index in [2.05, 4.69) is 66.2 Å². The van der Waals surface area contributed by atoms with Crippen molar-refractivity contribution in [3.05, 3.63) is 101 Å². The topological polar surface area (TPSA) is 73.5 Å². The lowest BCUT2D eigenvalue weighted by atomic mass is 9.93. The zero-order valence-corrected chi connectivity index (χ0v) is 21.4. The molecule has 36 heavy (non-hydrogen) atoms. The monoisotopic (exact) mass is 484 g/mol. The summed E-state index contributed by atoms with van der Waals surface area (Å²) < 4.78 is 0. The lowest BCUT2D eigenvalue weighted by Gasteiger charge is -2.37. The van der Waals surface area contributed by atoms with Crippen molar-refractivity contribution in [2.24, 2.45) is 0 Å². The van der Waals surface area contributed by atoms with Crippen LogP contribution in [0.4, 0.5) is 5.69 Å². The molecule has 6 nitrogen and oxygen atoms in total. The van der Waals surface area contributed by atoms with Crippen LogP contribution in [-0.4, -0.2) is 42.4 Å². The highest BCUT2D eigenvalue weighted by Crippen LogP contribution is 2.24. The second kappa shape index (κ2) is 11.9. The zero-order valence-electron chi connectivity index (χ0n) is 21.4. The number of hydrogen-bond donors (Lipinski definition) is 3. The first-order chi connectivity index (χ1) is 17.4. The molecule has 0 aromatic heterocycles. The fourth-order valence-corrected chi connectivity index (χ4v) is 4.68. The van der Waals surface area contributed by atoms with Gasteiger partial charge in [0.25, 0.3) is 0 Å². The van der Waals surface area contributed by atoms with Crippen LogP contribution in [0.2, 0.25) is 0 Å². The summed E-state index contributed by atoms with van der Waals surface area (Å²) in [5, 5.41) is 9.28. The van der Waals surface area contributed by atoms with E-state index in [0.29, 0.717) is 13.0 Å². The molecule has 4 rings (SSSR count). The van der Waals surface area contributed by atoms with Crippen LogP contribution in [0.1, 0.15) is 34.7 Å². The molecule has 6 heteroatoms. The molecule has 0 fully saturated rings. The van der Waals surface area contributed by atoms with Crippen LogP contribution in [0.15, 0.2) is 72.8 Å². The van der Waals surface area contributed by atoms with Gasteiger partial charge >= 0.3 is 0 Å². The van der Waals surface area contributed by atoms with Gasteiger partial charge in [0.05, 0.1) is 6.54 Å². The van der Waals surface area contributed by atoms with Gasteiger partial charge in [-0.1, -0.05) is 66.2 Å². The third-order valence-corrected chi connectivity index (χ3v) is 6.77. The van der Waals surface area contributed by atoms with Crippen molar-refractivity contribution in [3.63, 3.8) is 0 Å². The molecule has 3 N–H and O–H groups in total. The minimum Gasteiger partial charge on any atom is -0.381 e. The van der Waals surface area contributed by atoms with Crippen molar-refractivity contribution in [2.75, 3.05) is 18.9 Å². The molecule has 3 aromatic rings. The highest BCUT2D eigenvalue weighted by molar-refractivity contribution is 5.89. The molecule has 0 bridgehead atoms. The average molecular weight is 485 g/mol. The molecule has 188 valence electrons. The van der Waals surface area contributed by atoms with Gasteiger partial charge in [0.15, 0.2) is 0 Å². The third-order valence-electron chi connectivity index (χ3n) is 6.77. The Kier molecular flexibility index (Phi) is 8.39. The SMILES string of the molecule is CNCC(=O)NC(Cc1ccc(NCc2ccc(C)cc2)cc1)C(=O)N1Cc2ccccc2C[C@H]1C. The summed E-state index contributed by atoms with van der Waals surface area (Å²) in [6.07, 6.45) is 1.26. The van der Waals surface area contributed by atoms with Gasteiger partial charge < -0.3 is 20.9 Å². The molecule has 2 amide bonds. The Morgan fingerprint density at radius 1 is 0.944 bits per heavy atom. The van der Waals surface area contributed by atoms with E-state index in [9.17, 15) is 9.59 Å². The van der Waals surface area contributed by atoms with Crippen LogP contribution in [0.25, 0.3) is 0 Å². The number of rotatable bonds is 9. The first-order valence-corrected chi connectivity index (χ1v) is 12.6. The van der Waals surface area contributed by atoms with E-state index in [0.717, 1.165) is 24.2 Å².